The minimum atomic E-state index is 0.724. The summed E-state index contributed by atoms with van der Waals surface area (Å²) in [6, 6.07) is 7.81. The van der Waals surface area contributed by atoms with Crippen molar-refractivity contribution in [2.45, 2.75) is 0 Å². The predicted molar refractivity (Wildman–Crippen MR) is 73.5 cm³/mol. The molecule has 0 unspecified atom stereocenters. The first-order chi connectivity index (χ1) is 8.33. The lowest BCUT2D eigenvalue weighted by atomic mass is 10.2. The molecule has 4 heteroatoms. The number of fused-ring (bicyclic) bond motifs is 1. The van der Waals surface area contributed by atoms with Crippen LogP contribution in [-0.2, 0) is 0 Å². The molecule has 0 aliphatic carbocycles. The molecule has 3 rings (SSSR count). The Morgan fingerprint density at radius 2 is 2.24 bits per heavy atom. The zero-order valence-electron chi connectivity index (χ0n) is 9.13. The molecule has 0 saturated carbocycles. The summed E-state index contributed by atoms with van der Waals surface area (Å²) in [5.74, 6) is 0. The van der Waals surface area contributed by atoms with Gasteiger partial charge in [-0.05, 0) is 24.3 Å². The Labute approximate surface area is 103 Å². The van der Waals surface area contributed by atoms with Crippen LogP contribution in [0.1, 0.15) is 0 Å². The van der Waals surface area contributed by atoms with Crippen molar-refractivity contribution in [2.75, 3.05) is 12.3 Å². The van der Waals surface area contributed by atoms with E-state index in [1.807, 2.05) is 36.6 Å². The number of hydrogen-bond acceptors (Lipinski definition) is 4. The Kier molecular flexibility index (Phi) is 2.49. The van der Waals surface area contributed by atoms with E-state index in [1.54, 1.807) is 11.3 Å². The van der Waals surface area contributed by atoms with Gasteiger partial charge in [0.05, 0.1) is 16.4 Å². The van der Waals surface area contributed by atoms with Gasteiger partial charge in [-0.2, -0.15) is 0 Å². The van der Waals surface area contributed by atoms with Crippen LogP contribution in [0.15, 0.2) is 29.3 Å². The second-order valence-corrected chi connectivity index (χ2v) is 4.81. The summed E-state index contributed by atoms with van der Waals surface area (Å²) >= 11 is 1.68. The van der Waals surface area contributed by atoms with E-state index >= 15 is 0 Å². The molecule has 1 aliphatic rings. The van der Waals surface area contributed by atoms with Crippen molar-refractivity contribution >= 4 is 35.4 Å². The first-order valence-corrected chi connectivity index (χ1v) is 6.18. The molecule has 2 aromatic rings. The maximum Gasteiger partial charge on any atom is 0.124 e. The highest BCUT2D eigenvalue weighted by Crippen LogP contribution is 2.20. The van der Waals surface area contributed by atoms with Gasteiger partial charge >= 0.3 is 0 Å². The largest absolute Gasteiger partial charge is 0.399 e. The zero-order chi connectivity index (χ0) is 11.7. The summed E-state index contributed by atoms with van der Waals surface area (Å²) in [5, 5.41) is 2.00. The molecule has 0 saturated heterocycles. The fraction of sp³-hybridized carbons (Fsp3) is 0.0769. The van der Waals surface area contributed by atoms with Crippen LogP contribution in [0.25, 0.3) is 22.7 Å². The Balaban J connectivity index is 2.18. The van der Waals surface area contributed by atoms with Crippen LogP contribution in [0, 0.1) is 0 Å². The molecule has 1 aliphatic heterocycles. The van der Waals surface area contributed by atoms with Crippen molar-refractivity contribution in [3.63, 3.8) is 0 Å². The van der Waals surface area contributed by atoms with Gasteiger partial charge < -0.3 is 5.73 Å². The monoisotopic (exact) mass is 241 g/mol. The molecule has 17 heavy (non-hydrogen) atoms. The average molecular weight is 241 g/mol. The van der Waals surface area contributed by atoms with Crippen molar-refractivity contribution in [2.24, 2.45) is 4.99 Å². The van der Waals surface area contributed by atoms with Gasteiger partial charge in [0.2, 0.25) is 0 Å². The number of nitrogens with zero attached hydrogens (tertiary/aromatic N) is 2. The highest BCUT2D eigenvalue weighted by atomic mass is 32.1. The van der Waals surface area contributed by atoms with Crippen LogP contribution in [0.3, 0.4) is 0 Å². The van der Waals surface area contributed by atoms with Crippen molar-refractivity contribution in [1.82, 2.24) is 4.98 Å². The average Bonchev–Trinajstić information content (AvgIpc) is 2.61. The third-order valence-electron chi connectivity index (χ3n) is 2.53. The number of aromatic nitrogens is 1. The standard InChI is InChI=1S/C13H11N3S/c14-10-3-1-2-9(8-10)13-16-11-4-6-15-7-5-12(11)17-13/h1-6,8H,7,14H2. The number of rotatable bonds is 1. The predicted octanol–water partition coefficient (Wildman–Crippen LogP) is 1.04. The fourth-order valence-electron chi connectivity index (χ4n) is 1.72. The molecule has 84 valence electrons. The minimum Gasteiger partial charge on any atom is -0.399 e. The maximum absolute atomic E-state index is 5.78. The zero-order valence-corrected chi connectivity index (χ0v) is 9.95. The third-order valence-corrected chi connectivity index (χ3v) is 3.65. The van der Waals surface area contributed by atoms with Gasteiger partial charge in [0.1, 0.15) is 5.01 Å². The van der Waals surface area contributed by atoms with E-state index in [9.17, 15) is 0 Å². The number of hydrogen-bond donors (Lipinski definition) is 1. The van der Waals surface area contributed by atoms with Crippen LogP contribution in [0.5, 0.6) is 0 Å². The summed E-state index contributed by atoms with van der Waals surface area (Å²) in [5.41, 5.74) is 7.62. The van der Waals surface area contributed by atoms with Crippen LogP contribution < -0.4 is 15.6 Å². The molecule has 0 radical (unpaired) electrons. The van der Waals surface area contributed by atoms with Gasteiger partial charge in [-0.25, -0.2) is 4.98 Å². The number of aliphatic imine (C=N–C) groups is 1. The molecule has 0 atom stereocenters. The molecule has 2 N–H and O–H groups in total. The van der Waals surface area contributed by atoms with E-state index in [1.165, 1.54) is 4.53 Å². The van der Waals surface area contributed by atoms with Gasteiger partial charge in [0.25, 0.3) is 0 Å². The Bertz CT molecular complexity index is 698. The lowest BCUT2D eigenvalue weighted by Gasteiger charge is -1.96. The van der Waals surface area contributed by atoms with Gasteiger partial charge in [0, 0.05) is 17.5 Å². The third kappa shape index (κ3) is 1.99. The summed E-state index contributed by atoms with van der Waals surface area (Å²) in [6.07, 6.45) is 5.86. The molecule has 0 spiro atoms. The number of nitrogen functional groups attached to an aromatic ring is 1. The van der Waals surface area contributed by atoms with Crippen molar-refractivity contribution in [3.8, 4) is 10.6 Å². The minimum absolute atomic E-state index is 0.724. The Morgan fingerprint density at radius 3 is 3.12 bits per heavy atom. The summed E-state index contributed by atoms with van der Waals surface area (Å²) < 4.78 is 1.18. The number of anilines is 1. The highest BCUT2D eigenvalue weighted by molar-refractivity contribution is 7.13. The second-order valence-electron chi connectivity index (χ2n) is 3.78. The molecular formula is C13H11N3S. The lowest BCUT2D eigenvalue weighted by molar-refractivity contribution is 1.30. The van der Waals surface area contributed by atoms with E-state index in [-0.39, 0.29) is 0 Å². The van der Waals surface area contributed by atoms with E-state index in [0.717, 1.165) is 28.2 Å². The molecule has 2 heterocycles. The van der Waals surface area contributed by atoms with Crippen molar-refractivity contribution < 1.29 is 0 Å². The van der Waals surface area contributed by atoms with Gasteiger partial charge in [-0.1, -0.05) is 12.1 Å². The second kappa shape index (κ2) is 4.14. The first kappa shape index (κ1) is 10.2. The molecule has 0 fully saturated rings. The Morgan fingerprint density at radius 1 is 1.29 bits per heavy atom. The number of nitrogens with two attached hydrogens (primary N) is 1. The maximum atomic E-state index is 5.78. The molecular weight excluding hydrogens is 230 g/mol. The van der Waals surface area contributed by atoms with E-state index in [2.05, 4.69) is 16.1 Å². The normalized spacial score (nSPS) is 13.4. The van der Waals surface area contributed by atoms with Crippen molar-refractivity contribution in [1.29, 1.82) is 0 Å². The first-order valence-electron chi connectivity index (χ1n) is 5.36. The SMILES string of the molecule is Nc1cccc(-c2nc3c(s2)=CCN=CC=3)c1. The fourth-order valence-corrected chi connectivity index (χ4v) is 2.70. The molecule has 1 aromatic carbocycles. The smallest absolute Gasteiger partial charge is 0.124 e. The van der Waals surface area contributed by atoms with Crippen molar-refractivity contribution in [3.05, 3.63) is 34.1 Å². The van der Waals surface area contributed by atoms with Crippen LogP contribution in [0.2, 0.25) is 0 Å². The van der Waals surface area contributed by atoms with E-state index in [4.69, 9.17) is 5.73 Å². The molecule has 3 nitrogen and oxygen atoms in total. The lowest BCUT2D eigenvalue weighted by Crippen LogP contribution is -2.20. The number of benzene rings is 1. The van der Waals surface area contributed by atoms with Crippen LogP contribution >= 0.6 is 11.3 Å². The van der Waals surface area contributed by atoms with Gasteiger partial charge in [-0.15, -0.1) is 11.3 Å². The summed E-state index contributed by atoms with van der Waals surface area (Å²) in [4.78, 5) is 8.79. The van der Waals surface area contributed by atoms with Gasteiger partial charge in [0.15, 0.2) is 0 Å². The van der Waals surface area contributed by atoms with Crippen LogP contribution in [0.4, 0.5) is 5.69 Å². The quantitative estimate of drug-likeness (QED) is 0.758. The summed E-state index contributed by atoms with van der Waals surface area (Å²) in [6.45, 7) is 0.724. The topological polar surface area (TPSA) is 51.3 Å². The number of thiazole rings is 1. The molecule has 1 aromatic heterocycles. The van der Waals surface area contributed by atoms with E-state index < -0.39 is 0 Å². The van der Waals surface area contributed by atoms with E-state index in [0.29, 0.717) is 0 Å². The molecule has 0 amide bonds. The summed E-state index contributed by atoms with van der Waals surface area (Å²) in [7, 11) is 0. The molecule has 0 bridgehead atoms. The van der Waals surface area contributed by atoms with Gasteiger partial charge in [-0.3, -0.25) is 4.99 Å². The Hall–Kier alpha value is -1.94. The highest BCUT2D eigenvalue weighted by Gasteiger charge is 2.04. The van der Waals surface area contributed by atoms with Crippen LogP contribution in [-0.4, -0.2) is 17.7 Å².